The molecule has 0 amide bonds. The second-order valence-electron chi connectivity index (χ2n) is 8.63. The molecule has 2 atom stereocenters. The van der Waals surface area contributed by atoms with Crippen LogP contribution in [0.2, 0.25) is 0 Å². The Morgan fingerprint density at radius 3 is 2.84 bits per heavy atom. The van der Waals surface area contributed by atoms with E-state index in [4.69, 9.17) is 24.3 Å². The van der Waals surface area contributed by atoms with Crippen LogP contribution in [0.25, 0.3) is 17.1 Å². The molecule has 2 saturated heterocycles. The average Bonchev–Trinajstić information content (AvgIpc) is 3.45. The zero-order chi connectivity index (χ0) is 21.8. The smallest absolute Gasteiger partial charge is 0.318 e. The first-order valence-corrected chi connectivity index (χ1v) is 11.6. The maximum atomic E-state index is 6.00. The van der Waals surface area contributed by atoms with E-state index >= 15 is 0 Å². The van der Waals surface area contributed by atoms with Crippen molar-refractivity contribution in [1.82, 2.24) is 19.7 Å². The van der Waals surface area contributed by atoms with E-state index < -0.39 is 0 Å². The fraction of sp³-hybridized carbons (Fsp3) is 0.480. The lowest BCUT2D eigenvalue weighted by Gasteiger charge is -2.16. The predicted molar refractivity (Wildman–Crippen MR) is 121 cm³/mol. The lowest BCUT2D eigenvalue weighted by Crippen LogP contribution is -2.18. The highest BCUT2D eigenvalue weighted by Crippen LogP contribution is 2.29. The fourth-order valence-electron chi connectivity index (χ4n) is 4.37. The van der Waals surface area contributed by atoms with Crippen molar-refractivity contribution in [3.05, 3.63) is 53.9 Å². The molecule has 3 aromatic rings. The van der Waals surface area contributed by atoms with Crippen LogP contribution in [0.15, 0.2) is 42.6 Å². The third-order valence-electron chi connectivity index (χ3n) is 6.14. The fourth-order valence-corrected chi connectivity index (χ4v) is 4.37. The normalized spacial score (nSPS) is 21.4. The Morgan fingerprint density at radius 2 is 1.97 bits per heavy atom. The summed E-state index contributed by atoms with van der Waals surface area (Å²) in [6, 6.07) is 12.8. The molecule has 2 fully saturated rings. The van der Waals surface area contributed by atoms with Gasteiger partial charge in [0, 0.05) is 43.6 Å². The van der Waals surface area contributed by atoms with Crippen molar-refractivity contribution in [2.75, 3.05) is 26.4 Å². The summed E-state index contributed by atoms with van der Waals surface area (Å²) < 4.78 is 19.2. The van der Waals surface area contributed by atoms with Crippen LogP contribution in [0, 0.1) is 6.92 Å². The van der Waals surface area contributed by atoms with Gasteiger partial charge in [-0.25, -0.2) is 4.68 Å². The molecule has 7 heteroatoms. The molecule has 4 heterocycles. The Labute approximate surface area is 188 Å². The van der Waals surface area contributed by atoms with Crippen LogP contribution >= 0.6 is 0 Å². The van der Waals surface area contributed by atoms with Gasteiger partial charge in [-0.2, -0.15) is 15.1 Å². The summed E-state index contributed by atoms with van der Waals surface area (Å²) in [4.78, 5) is 9.46. The molecule has 32 heavy (non-hydrogen) atoms. The molecule has 5 rings (SSSR count). The Hall–Kier alpha value is -2.77. The highest BCUT2D eigenvalue weighted by Gasteiger charge is 2.21. The summed E-state index contributed by atoms with van der Waals surface area (Å²) >= 11 is 0. The Kier molecular flexibility index (Phi) is 6.46. The average molecular weight is 435 g/mol. The molecule has 0 spiro atoms. The second-order valence-corrected chi connectivity index (χ2v) is 8.63. The Balaban J connectivity index is 1.44. The minimum atomic E-state index is 0.120. The molecule has 0 saturated carbocycles. The van der Waals surface area contributed by atoms with Crippen molar-refractivity contribution in [3.8, 4) is 23.1 Å². The number of hydrogen-bond donors (Lipinski definition) is 0. The predicted octanol–water partition coefficient (Wildman–Crippen LogP) is 4.48. The van der Waals surface area contributed by atoms with Crippen molar-refractivity contribution in [2.24, 2.45) is 0 Å². The molecule has 168 valence electrons. The summed E-state index contributed by atoms with van der Waals surface area (Å²) in [7, 11) is 0. The number of nitrogens with zero attached hydrogens (tertiary/aromatic N) is 4. The van der Waals surface area contributed by atoms with Crippen LogP contribution in [0.5, 0.6) is 6.01 Å². The Morgan fingerprint density at radius 1 is 1.03 bits per heavy atom. The number of hydrogen-bond acceptors (Lipinski definition) is 6. The number of rotatable bonds is 6. The molecule has 0 bridgehead atoms. The van der Waals surface area contributed by atoms with E-state index in [-0.39, 0.29) is 6.10 Å². The molecule has 2 aliphatic rings. The minimum Gasteiger partial charge on any atom is -0.461 e. The maximum Gasteiger partial charge on any atom is 0.318 e. The highest BCUT2D eigenvalue weighted by atomic mass is 16.5. The van der Waals surface area contributed by atoms with Gasteiger partial charge < -0.3 is 14.2 Å². The van der Waals surface area contributed by atoms with Gasteiger partial charge in [0.15, 0.2) is 5.82 Å². The Bertz CT molecular complexity index is 1040. The topological polar surface area (TPSA) is 71.3 Å². The molecular weight excluding hydrogens is 404 g/mol. The third-order valence-corrected chi connectivity index (χ3v) is 6.14. The van der Waals surface area contributed by atoms with Gasteiger partial charge in [0.25, 0.3) is 0 Å². The maximum absolute atomic E-state index is 6.00. The van der Waals surface area contributed by atoms with Crippen molar-refractivity contribution in [2.45, 2.75) is 51.0 Å². The second kappa shape index (κ2) is 9.79. The van der Waals surface area contributed by atoms with E-state index in [1.54, 1.807) is 0 Å². The standard InChI is InChI=1S/C25H30N4O3/c1-18-5-2-6-20(15-18)22-9-11-29(28-22)24-16-23(19-7-3-12-30-14-10-19)26-25(27-24)32-17-21-8-4-13-31-21/h2,5-6,9,11,15-16,19,21H,3-4,7-8,10,12-14,17H2,1H3. The van der Waals surface area contributed by atoms with Gasteiger partial charge >= 0.3 is 6.01 Å². The van der Waals surface area contributed by atoms with Gasteiger partial charge in [0.1, 0.15) is 6.61 Å². The number of aromatic nitrogens is 4. The summed E-state index contributed by atoms with van der Waals surface area (Å²) in [5.41, 5.74) is 4.21. The van der Waals surface area contributed by atoms with E-state index in [2.05, 4.69) is 36.2 Å². The van der Waals surface area contributed by atoms with Crippen LogP contribution in [-0.2, 0) is 9.47 Å². The van der Waals surface area contributed by atoms with Gasteiger partial charge in [0.05, 0.1) is 17.5 Å². The molecule has 2 unspecified atom stereocenters. The summed E-state index contributed by atoms with van der Waals surface area (Å²) in [5.74, 6) is 1.05. The van der Waals surface area contributed by atoms with Gasteiger partial charge in [-0.3, -0.25) is 0 Å². The lowest BCUT2D eigenvalue weighted by atomic mass is 9.97. The van der Waals surface area contributed by atoms with E-state index in [1.165, 1.54) is 5.56 Å². The van der Waals surface area contributed by atoms with Crippen LogP contribution in [0.1, 0.15) is 49.3 Å². The van der Waals surface area contributed by atoms with Crippen LogP contribution in [0.4, 0.5) is 0 Å². The monoisotopic (exact) mass is 434 g/mol. The van der Waals surface area contributed by atoms with Gasteiger partial charge in [-0.05, 0) is 51.2 Å². The highest BCUT2D eigenvalue weighted by molar-refractivity contribution is 5.59. The molecule has 7 nitrogen and oxygen atoms in total. The summed E-state index contributed by atoms with van der Waals surface area (Å²) in [6.45, 7) is 4.94. The van der Waals surface area contributed by atoms with Gasteiger partial charge in [-0.15, -0.1) is 0 Å². The van der Waals surface area contributed by atoms with Gasteiger partial charge in [0.2, 0.25) is 0 Å². The van der Waals surface area contributed by atoms with E-state index in [0.29, 0.717) is 18.5 Å². The number of ether oxygens (including phenoxy) is 3. The molecular formula is C25H30N4O3. The van der Waals surface area contributed by atoms with E-state index in [9.17, 15) is 0 Å². The largest absolute Gasteiger partial charge is 0.461 e. The number of aryl methyl sites for hydroxylation is 1. The molecule has 0 radical (unpaired) electrons. The summed E-state index contributed by atoms with van der Waals surface area (Å²) in [5, 5.41) is 4.80. The quantitative estimate of drug-likeness (QED) is 0.570. The number of benzene rings is 1. The zero-order valence-corrected chi connectivity index (χ0v) is 18.6. The van der Waals surface area contributed by atoms with Crippen molar-refractivity contribution < 1.29 is 14.2 Å². The van der Waals surface area contributed by atoms with Crippen LogP contribution < -0.4 is 4.74 Å². The first kappa shape index (κ1) is 21.1. The van der Waals surface area contributed by atoms with E-state index in [0.717, 1.165) is 74.7 Å². The minimum absolute atomic E-state index is 0.120. The third kappa shape index (κ3) is 5.00. The molecule has 0 N–H and O–H groups in total. The van der Waals surface area contributed by atoms with Crippen molar-refractivity contribution in [1.29, 1.82) is 0 Å². The zero-order valence-electron chi connectivity index (χ0n) is 18.6. The van der Waals surface area contributed by atoms with Crippen molar-refractivity contribution in [3.63, 3.8) is 0 Å². The first-order valence-electron chi connectivity index (χ1n) is 11.6. The van der Waals surface area contributed by atoms with E-state index in [1.807, 2.05) is 23.0 Å². The molecule has 2 aliphatic heterocycles. The molecule has 2 aromatic heterocycles. The lowest BCUT2D eigenvalue weighted by molar-refractivity contribution is 0.0643. The van der Waals surface area contributed by atoms with Crippen LogP contribution in [0.3, 0.4) is 0 Å². The van der Waals surface area contributed by atoms with Gasteiger partial charge in [-0.1, -0.05) is 23.8 Å². The summed E-state index contributed by atoms with van der Waals surface area (Å²) in [6.07, 6.45) is 7.21. The molecule has 1 aromatic carbocycles. The van der Waals surface area contributed by atoms with Crippen molar-refractivity contribution >= 4 is 0 Å². The van der Waals surface area contributed by atoms with Crippen LogP contribution in [-0.4, -0.2) is 52.3 Å². The SMILES string of the molecule is Cc1cccc(-c2ccn(-c3cc(C4CCCOCC4)nc(OCC4CCCO4)n3)n2)c1. The first-order chi connectivity index (χ1) is 15.7. The molecule has 0 aliphatic carbocycles.